The first kappa shape index (κ1) is 13.1. The van der Waals surface area contributed by atoms with Crippen LogP contribution in [0.1, 0.15) is 58.8 Å². The van der Waals surface area contributed by atoms with Gasteiger partial charge in [-0.25, -0.2) is 0 Å². The van der Waals surface area contributed by atoms with Gasteiger partial charge in [0.25, 0.3) is 0 Å². The molecule has 0 aliphatic carbocycles. The number of hydrogen-bond donors (Lipinski definition) is 1. The predicted molar refractivity (Wildman–Crippen MR) is 67.3 cm³/mol. The van der Waals surface area contributed by atoms with Crippen molar-refractivity contribution in [1.29, 1.82) is 0 Å². The highest BCUT2D eigenvalue weighted by Gasteiger charge is 2.25. The Bertz CT molecular complexity index is 347. The van der Waals surface area contributed by atoms with Crippen molar-refractivity contribution in [2.24, 2.45) is 11.3 Å². The van der Waals surface area contributed by atoms with E-state index in [1.165, 1.54) is 0 Å². The van der Waals surface area contributed by atoms with E-state index in [4.69, 9.17) is 10.3 Å². The summed E-state index contributed by atoms with van der Waals surface area (Å²) in [5.41, 5.74) is 7.18. The number of nitrogens with two attached hydrogens (primary N) is 1. The van der Waals surface area contributed by atoms with Gasteiger partial charge in [0.05, 0.1) is 0 Å². The third-order valence-electron chi connectivity index (χ3n) is 3.38. The van der Waals surface area contributed by atoms with Crippen molar-refractivity contribution in [3.63, 3.8) is 0 Å². The van der Waals surface area contributed by atoms with Crippen LogP contribution in [-0.2, 0) is 6.42 Å². The minimum Gasteiger partial charge on any atom is -0.381 e. The molecule has 0 saturated heterocycles. The summed E-state index contributed by atoms with van der Waals surface area (Å²) in [7, 11) is 0. The number of nitrogen functional groups attached to an aromatic ring is 1. The highest BCUT2D eigenvalue weighted by Crippen LogP contribution is 2.33. The van der Waals surface area contributed by atoms with Crippen molar-refractivity contribution in [3.8, 4) is 0 Å². The van der Waals surface area contributed by atoms with E-state index in [0.717, 1.165) is 17.7 Å². The Labute approximate surface area is 98.4 Å². The van der Waals surface area contributed by atoms with Crippen molar-refractivity contribution < 1.29 is 4.52 Å². The molecular formula is C13H24N2O. The number of anilines is 1. The maximum absolute atomic E-state index is 5.82. The quantitative estimate of drug-likeness (QED) is 0.853. The fourth-order valence-electron chi connectivity index (χ4n) is 1.69. The van der Waals surface area contributed by atoms with Gasteiger partial charge in [-0.05, 0) is 17.3 Å². The first-order chi connectivity index (χ1) is 7.23. The summed E-state index contributed by atoms with van der Waals surface area (Å²) in [5.74, 6) is 2.41. The lowest BCUT2D eigenvalue weighted by molar-refractivity contribution is 0.238. The third kappa shape index (κ3) is 2.77. The molecule has 0 aliphatic rings. The zero-order chi connectivity index (χ0) is 12.5. The molecule has 2 N–H and O–H groups in total. The molecule has 92 valence electrons. The summed E-state index contributed by atoms with van der Waals surface area (Å²) >= 11 is 0. The van der Waals surface area contributed by atoms with Crippen molar-refractivity contribution in [2.45, 2.75) is 53.9 Å². The molecule has 1 atom stereocenters. The number of rotatable bonds is 3. The molecule has 1 heterocycles. The zero-order valence-corrected chi connectivity index (χ0v) is 11.3. The van der Waals surface area contributed by atoms with Crippen LogP contribution < -0.4 is 5.73 Å². The van der Waals surface area contributed by atoms with E-state index in [2.05, 4.69) is 46.7 Å². The molecule has 0 spiro atoms. The van der Waals surface area contributed by atoms with Gasteiger partial charge >= 0.3 is 0 Å². The Balaban J connectivity index is 2.90. The van der Waals surface area contributed by atoms with Crippen molar-refractivity contribution in [2.75, 3.05) is 5.73 Å². The van der Waals surface area contributed by atoms with Gasteiger partial charge in [0.1, 0.15) is 5.76 Å². The number of hydrogen-bond acceptors (Lipinski definition) is 3. The Morgan fingerprint density at radius 2 is 1.81 bits per heavy atom. The zero-order valence-electron chi connectivity index (χ0n) is 11.3. The summed E-state index contributed by atoms with van der Waals surface area (Å²) < 4.78 is 5.35. The first-order valence-electron chi connectivity index (χ1n) is 5.97. The fraction of sp³-hybridized carbons (Fsp3) is 0.769. The van der Waals surface area contributed by atoms with Crippen LogP contribution in [0.2, 0.25) is 0 Å². The van der Waals surface area contributed by atoms with Crippen molar-refractivity contribution >= 4 is 5.82 Å². The molecule has 0 aromatic carbocycles. The smallest absolute Gasteiger partial charge is 0.170 e. The van der Waals surface area contributed by atoms with Gasteiger partial charge in [0.15, 0.2) is 5.82 Å². The van der Waals surface area contributed by atoms with Crippen LogP contribution in [0.3, 0.4) is 0 Å². The van der Waals surface area contributed by atoms with Crippen LogP contribution in [0.5, 0.6) is 0 Å². The molecule has 1 aromatic rings. The fourth-order valence-corrected chi connectivity index (χ4v) is 1.69. The summed E-state index contributed by atoms with van der Waals surface area (Å²) in [4.78, 5) is 0. The number of nitrogens with zero attached hydrogens (tertiary/aromatic N) is 1. The van der Waals surface area contributed by atoms with E-state index in [1.54, 1.807) is 0 Å². The van der Waals surface area contributed by atoms with E-state index >= 15 is 0 Å². The van der Waals surface area contributed by atoms with Crippen molar-refractivity contribution in [1.82, 2.24) is 5.16 Å². The topological polar surface area (TPSA) is 52.0 Å². The second-order valence-corrected chi connectivity index (χ2v) is 6.03. The maximum Gasteiger partial charge on any atom is 0.170 e. The second kappa shape index (κ2) is 4.48. The molecule has 0 amide bonds. The Kier molecular flexibility index (Phi) is 3.66. The average molecular weight is 224 g/mol. The van der Waals surface area contributed by atoms with Gasteiger partial charge in [-0.15, -0.1) is 0 Å². The average Bonchev–Trinajstić information content (AvgIpc) is 2.45. The first-order valence-corrected chi connectivity index (χ1v) is 5.97. The molecule has 1 rings (SSSR count). The van der Waals surface area contributed by atoms with Gasteiger partial charge in [0.2, 0.25) is 0 Å². The van der Waals surface area contributed by atoms with Crippen molar-refractivity contribution in [3.05, 3.63) is 11.3 Å². The Morgan fingerprint density at radius 1 is 1.25 bits per heavy atom. The lowest BCUT2D eigenvalue weighted by Gasteiger charge is -2.26. The summed E-state index contributed by atoms with van der Waals surface area (Å²) in [6.45, 7) is 13.2. The van der Waals surface area contributed by atoms with Crippen LogP contribution in [-0.4, -0.2) is 5.16 Å². The highest BCUT2D eigenvalue weighted by atomic mass is 16.5. The third-order valence-corrected chi connectivity index (χ3v) is 3.38. The molecule has 3 heteroatoms. The molecule has 0 radical (unpaired) electrons. The largest absolute Gasteiger partial charge is 0.381 e. The van der Waals surface area contributed by atoms with Gasteiger partial charge < -0.3 is 10.3 Å². The standard InChI is InChI=1S/C13H24N2O/c1-8(2)11-10(16-15-12(11)14)7-9(3)13(4,5)6/h8-9H,7H2,1-6H3,(H2,14,15). The van der Waals surface area contributed by atoms with Gasteiger partial charge in [-0.2, -0.15) is 0 Å². The lowest BCUT2D eigenvalue weighted by Crippen LogP contribution is -2.19. The van der Waals surface area contributed by atoms with E-state index < -0.39 is 0 Å². The Morgan fingerprint density at radius 3 is 2.25 bits per heavy atom. The summed E-state index contributed by atoms with van der Waals surface area (Å²) in [5, 5.41) is 3.88. The lowest BCUT2D eigenvalue weighted by atomic mass is 9.79. The molecule has 0 aliphatic heterocycles. The minimum absolute atomic E-state index is 0.274. The van der Waals surface area contributed by atoms with Crippen LogP contribution in [0, 0.1) is 11.3 Å². The van der Waals surface area contributed by atoms with Gasteiger partial charge in [-0.3, -0.25) is 0 Å². The summed E-state index contributed by atoms with van der Waals surface area (Å²) in [6, 6.07) is 0. The molecule has 1 aromatic heterocycles. The molecular weight excluding hydrogens is 200 g/mol. The molecule has 1 unspecified atom stereocenters. The molecule has 0 bridgehead atoms. The predicted octanol–water partition coefficient (Wildman–Crippen LogP) is 3.60. The molecule has 0 fully saturated rings. The van der Waals surface area contributed by atoms with Crippen LogP contribution in [0.15, 0.2) is 4.52 Å². The molecule has 16 heavy (non-hydrogen) atoms. The normalized spacial score (nSPS) is 14.4. The highest BCUT2D eigenvalue weighted by molar-refractivity contribution is 5.42. The summed E-state index contributed by atoms with van der Waals surface area (Å²) in [6.07, 6.45) is 0.904. The van der Waals surface area contributed by atoms with E-state index in [-0.39, 0.29) is 5.41 Å². The van der Waals surface area contributed by atoms with Crippen LogP contribution in [0.4, 0.5) is 5.82 Å². The minimum atomic E-state index is 0.274. The van der Waals surface area contributed by atoms with Crippen LogP contribution in [0.25, 0.3) is 0 Å². The number of aromatic nitrogens is 1. The monoisotopic (exact) mass is 224 g/mol. The molecule has 3 nitrogen and oxygen atoms in total. The molecule has 0 saturated carbocycles. The van der Waals surface area contributed by atoms with Crippen LogP contribution >= 0.6 is 0 Å². The van der Waals surface area contributed by atoms with E-state index in [1.807, 2.05) is 0 Å². The SMILES string of the molecule is CC(C)c1c(N)noc1CC(C)C(C)(C)C. The van der Waals surface area contributed by atoms with Gasteiger partial charge in [-0.1, -0.05) is 46.7 Å². The van der Waals surface area contributed by atoms with E-state index in [0.29, 0.717) is 17.7 Å². The Hall–Kier alpha value is -0.990. The second-order valence-electron chi connectivity index (χ2n) is 6.03. The van der Waals surface area contributed by atoms with Gasteiger partial charge in [0, 0.05) is 12.0 Å². The maximum atomic E-state index is 5.82. The van der Waals surface area contributed by atoms with E-state index in [9.17, 15) is 0 Å².